The van der Waals surface area contributed by atoms with E-state index in [4.69, 9.17) is 5.73 Å². The van der Waals surface area contributed by atoms with E-state index in [-0.39, 0.29) is 31.3 Å². The molecule has 0 spiro atoms. The molecule has 1 aliphatic carbocycles. The molecule has 2 rings (SSSR count). The molecular formula is C14H19F3N2. The first kappa shape index (κ1) is 14.3. The van der Waals surface area contributed by atoms with E-state index < -0.39 is 11.7 Å². The van der Waals surface area contributed by atoms with Gasteiger partial charge in [0.25, 0.3) is 0 Å². The van der Waals surface area contributed by atoms with Gasteiger partial charge in [-0.1, -0.05) is 37.3 Å². The van der Waals surface area contributed by atoms with Crippen molar-refractivity contribution < 1.29 is 13.2 Å². The third kappa shape index (κ3) is 3.09. The van der Waals surface area contributed by atoms with Gasteiger partial charge in [-0.3, -0.25) is 0 Å². The van der Waals surface area contributed by atoms with E-state index in [0.717, 1.165) is 5.56 Å². The van der Waals surface area contributed by atoms with Gasteiger partial charge in [-0.05, 0) is 24.3 Å². The molecule has 1 aromatic carbocycles. The molecule has 0 heterocycles. The molecule has 1 aliphatic rings. The summed E-state index contributed by atoms with van der Waals surface area (Å²) < 4.78 is 38.3. The lowest BCUT2D eigenvalue weighted by Crippen LogP contribution is -2.47. The smallest absolute Gasteiger partial charge is 0.324 e. The van der Waals surface area contributed by atoms with Gasteiger partial charge in [0.1, 0.15) is 5.54 Å². The Hall–Kier alpha value is -1.07. The summed E-state index contributed by atoms with van der Waals surface area (Å²) in [7, 11) is 0. The molecule has 1 aromatic rings. The van der Waals surface area contributed by atoms with Crippen LogP contribution in [0.25, 0.3) is 0 Å². The molecule has 0 aromatic heterocycles. The molecule has 106 valence electrons. The first-order chi connectivity index (χ1) is 8.86. The average molecular weight is 272 g/mol. The van der Waals surface area contributed by atoms with Gasteiger partial charge in [0.15, 0.2) is 0 Å². The van der Waals surface area contributed by atoms with Gasteiger partial charge in [0, 0.05) is 12.6 Å². The maximum atomic E-state index is 12.8. The minimum absolute atomic E-state index is 0.0535. The van der Waals surface area contributed by atoms with Gasteiger partial charge < -0.3 is 11.1 Å². The average Bonchev–Trinajstić information content (AvgIpc) is 3.16. The maximum Gasteiger partial charge on any atom is 0.406 e. The van der Waals surface area contributed by atoms with Crippen molar-refractivity contribution in [2.75, 3.05) is 6.54 Å². The minimum Gasteiger partial charge on any atom is -0.324 e. The summed E-state index contributed by atoms with van der Waals surface area (Å²) in [5.74, 6) is -0.0535. The van der Waals surface area contributed by atoms with Gasteiger partial charge in [0.2, 0.25) is 0 Å². The van der Waals surface area contributed by atoms with Gasteiger partial charge in [-0.25, -0.2) is 0 Å². The fourth-order valence-corrected chi connectivity index (χ4v) is 2.17. The predicted molar refractivity (Wildman–Crippen MR) is 68.6 cm³/mol. The first-order valence-corrected chi connectivity index (χ1v) is 6.48. The zero-order valence-electron chi connectivity index (χ0n) is 10.9. The van der Waals surface area contributed by atoms with Crippen LogP contribution in [-0.2, 0) is 0 Å². The predicted octanol–water partition coefficient (Wildman–Crippen LogP) is 3.01. The SMILES string of the molecule is CC(CNC1(C(F)(F)F)CC1)C(N)c1ccccc1. The molecule has 0 saturated heterocycles. The lowest BCUT2D eigenvalue weighted by Gasteiger charge is -2.26. The summed E-state index contributed by atoms with van der Waals surface area (Å²) in [4.78, 5) is 0. The molecule has 2 atom stereocenters. The topological polar surface area (TPSA) is 38.0 Å². The number of rotatable bonds is 5. The molecule has 1 saturated carbocycles. The molecule has 0 aliphatic heterocycles. The molecule has 2 nitrogen and oxygen atoms in total. The van der Waals surface area contributed by atoms with Crippen LogP contribution in [0.3, 0.4) is 0 Å². The number of hydrogen-bond acceptors (Lipinski definition) is 2. The molecule has 0 bridgehead atoms. The monoisotopic (exact) mass is 272 g/mol. The van der Waals surface area contributed by atoms with Crippen LogP contribution < -0.4 is 11.1 Å². The van der Waals surface area contributed by atoms with Crippen molar-refractivity contribution >= 4 is 0 Å². The van der Waals surface area contributed by atoms with Crippen molar-refractivity contribution in [2.45, 2.75) is 37.5 Å². The number of halogens is 3. The van der Waals surface area contributed by atoms with Crippen molar-refractivity contribution in [3.8, 4) is 0 Å². The molecule has 3 N–H and O–H groups in total. The van der Waals surface area contributed by atoms with Crippen LogP contribution in [0, 0.1) is 5.92 Å². The van der Waals surface area contributed by atoms with Crippen molar-refractivity contribution in [1.29, 1.82) is 0 Å². The van der Waals surface area contributed by atoms with Crippen LogP contribution in [0.4, 0.5) is 13.2 Å². The second-order valence-electron chi connectivity index (χ2n) is 5.37. The molecule has 2 unspecified atom stereocenters. The number of alkyl halides is 3. The molecular weight excluding hydrogens is 253 g/mol. The maximum absolute atomic E-state index is 12.8. The van der Waals surface area contributed by atoms with Crippen LogP contribution in [-0.4, -0.2) is 18.3 Å². The number of benzene rings is 1. The van der Waals surface area contributed by atoms with E-state index in [9.17, 15) is 13.2 Å². The van der Waals surface area contributed by atoms with Gasteiger partial charge in [-0.15, -0.1) is 0 Å². The number of hydrogen-bond donors (Lipinski definition) is 2. The van der Waals surface area contributed by atoms with E-state index in [1.54, 1.807) is 0 Å². The van der Waals surface area contributed by atoms with Crippen LogP contribution in [0.5, 0.6) is 0 Å². The molecule has 0 radical (unpaired) electrons. The van der Waals surface area contributed by atoms with Crippen molar-refractivity contribution in [1.82, 2.24) is 5.32 Å². The number of nitrogens with two attached hydrogens (primary N) is 1. The normalized spacial score (nSPS) is 20.9. The highest BCUT2D eigenvalue weighted by Crippen LogP contribution is 2.49. The summed E-state index contributed by atoms with van der Waals surface area (Å²) in [5, 5.41) is 2.66. The largest absolute Gasteiger partial charge is 0.406 e. The zero-order valence-corrected chi connectivity index (χ0v) is 10.9. The third-order valence-corrected chi connectivity index (χ3v) is 3.85. The highest BCUT2D eigenvalue weighted by atomic mass is 19.4. The Morgan fingerprint density at radius 3 is 2.32 bits per heavy atom. The second kappa shape index (κ2) is 5.13. The molecule has 5 heteroatoms. The summed E-state index contributed by atoms with van der Waals surface area (Å²) in [6.45, 7) is 2.15. The lowest BCUT2D eigenvalue weighted by atomic mass is 9.95. The first-order valence-electron chi connectivity index (χ1n) is 6.48. The Morgan fingerprint density at radius 2 is 1.84 bits per heavy atom. The molecule has 19 heavy (non-hydrogen) atoms. The Labute approximate surface area is 111 Å². The van der Waals surface area contributed by atoms with E-state index in [1.807, 2.05) is 37.3 Å². The molecule has 0 amide bonds. The van der Waals surface area contributed by atoms with E-state index >= 15 is 0 Å². The quantitative estimate of drug-likeness (QED) is 0.864. The van der Waals surface area contributed by atoms with Crippen molar-refractivity contribution in [2.24, 2.45) is 11.7 Å². The van der Waals surface area contributed by atoms with Crippen LogP contribution >= 0.6 is 0 Å². The van der Waals surface area contributed by atoms with Gasteiger partial charge >= 0.3 is 6.18 Å². The van der Waals surface area contributed by atoms with Gasteiger partial charge in [0.05, 0.1) is 0 Å². The second-order valence-corrected chi connectivity index (χ2v) is 5.37. The van der Waals surface area contributed by atoms with E-state index in [1.165, 1.54) is 0 Å². The van der Waals surface area contributed by atoms with Crippen LogP contribution in [0.1, 0.15) is 31.4 Å². The van der Waals surface area contributed by atoms with Crippen LogP contribution in [0.15, 0.2) is 30.3 Å². The van der Waals surface area contributed by atoms with Gasteiger partial charge in [-0.2, -0.15) is 13.2 Å². The fourth-order valence-electron chi connectivity index (χ4n) is 2.17. The van der Waals surface area contributed by atoms with Crippen LogP contribution in [0.2, 0.25) is 0 Å². The molecule has 1 fully saturated rings. The Balaban J connectivity index is 1.90. The fraction of sp³-hybridized carbons (Fsp3) is 0.571. The third-order valence-electron chi connectivity index (χ3n) is 3.85. The van der Waals surface area contributed by atoms with E-state index in [0.29, 0.717) is 0 Å². The minimum atomic E-state index is -4.16. The highest BCUT2D eigenvalue weighted by molar-refractivity contribution is 5.19. The highest BCUT2D eigenvalue weighted by Gasteiger charge is 2.63. The summed E-state index contributed by atoms with van der Waals surface area (Å²) >= 11 is 0. The zero-order chi connectivity index (χ0) is 14.1. The summed E-state index contributed by atoms with van der Waals surface area (Å²) in [6, 6.07) is 9.20. The Kier molecular flexibility index (Phi) is 3.87. The van der Waals surface area contributed by atoms with Crippen molar-refractivity contribution in [3.05, 3.63) is 35.9 Å². The Bertz CT molecular complexity index is 412. The summed E-state index contributed by atoms with van der Waals surface area (Å²) in [5.41, 5.74) is 5.37. The Morgan fingerprint density at radius 1 is 1.26 bits per heavy atom. The number of nitrogens with one attached hydrogen (secondary N) is 1. The van der Waals surface area contributed by atoms with E-state index in [2.05, 4.69) is 5.32 Å². The standard InChI is InChI=1S/C14H19F3N2/c1-10(12(18)11-5-3-2-4-6-11)9-19-13(7-8-13)14(15,16)17/h2-6,10,12,19H,7-9,18H2,1H3. The summed E-state index contributed by atoms with van der Waals surface area (Å²) in [6.07, 6.45) is -3.82. The van der Waals surface area contributed by atoms with Crippen molar-refractivity contribution in [3.63, 3.8) is 0 Å². The lowest BCUT2D eigenvalue weighted by molar-refractivity contribution is -0.166.